The van der Waals surface area contributed by atoms with Gasteiger partial charge in [-0.25, -0.2) is 4.99 Å². The molecule has 4 rings (SSSR count). The number of allylic oxidation sites excluding steroid dienone is 1. The van der Waals surface area contributed by atoms with Crippen molar-refractivity contribution in [1.29, 1.82) is 0 Å². The van der Waals surface area contributed by atoms with E-state index in [-0.39, 0.29) is 5.91 Å². The molecule has 0 bridgehead atoms. The second-order valence-electron chi connectivity index (χ2n) is 7.51. The van der Waals surface area contributed by atoms with Crippen molar-refractivity contribution in [2.45, 2.75) is 18.7 Å². The first-order valence-corrected chi connectivity index (χ1v) is 13.2. The number of nitrogens with one attached hydrogen (secondary N) is 2. The topological polar surface area (TPSA) is 53.5 Å². The first kappa shape index (κ1) is 25.1. The molecule has 3 aromatic carbocycles. The van der Waals surface area contributed by atoms with Gasteiger partial charge in [-0.2, -0.15) is 0 Å². The van der Waals surface area contributed by atoms with Crippen LogP contribution >= 0.6 is 62.5 Å². The molecule has 1 amide bonds. The van der Waals surface area contributed by atoms with Gasteiger partial charge < -0.3 is 10.6 Å². The van der Waals surface area contributed by atoms with Crippen LogP contribution in [-0.2, 0) is 10.5 Å². The van der Waals surface area contributed by atoms with Crippen LogP contribution in [-0.4, -0.2) is 11.1 Å². The Morgan fingerprint density at radius 1 is 1.06 bits per heavy atom. The second kappa shape index (κ2) is 11.2. The number of amidine groups is 1. The van der Waals surface area contributed by atoms with E-state index in [4.69, 9.17) is 39.8 Å². The van der Waals surface area contributed by atoms with Crippen molar-refractivity contribution in [2.75, 3.05) is 5.32 Å². The van der Waals surface area contributed by atoms with Crippen molar-refractivity contribution >= 4 is 79.3 Å². The first-order chi connectivity index (χ1) is 16.3. The summed E-state index contributed by atoms with van der Waals surface area (Å²) in [5.41, 5.74) is 3.55. The van der Waals surface area contributed by atoms with Crippen LogP contribution in [0.15, 0.2) is 87.5 Å². The Bertz CT molecular complexity index is 1290. The van der Waals surface area contributed by atoms with E-state index in [0.717, 1.165) is 10.0 Å². The minimum absolute atomic E-state index is 0.262. The van der Waals surface area contributed by atoms with Crippen LogP contribution in [0.2, 0.25) is 15.1 Å². The van der Waals surface area contributed by atoms with Crippen molar-refractivity contribution in [1.82, 2.24) is 5.32 Å². The number of hydrogen-bond donors (Lipinski definition) is 2. The summed E-state index contributed by atoms with van der Waals surface area (Å²) in [6, 6.07) is 19.7. The molecule has 0 fully saturated rings. The van der Waals surface area contributed by atoms with Gasteiger partial charge in [0.25, 0.3) is 5.91 Å². The highest BCUT2D eigenvalue weighted by Crippen LogP contribution is 2.38. The molecule has 34 heavy (non-hydrogen) atoms. The Morgan fingerprint density at radius 3 is 2.50 bits per heavy atom. The quantitative estimate of drug-likeness (QED) is 0.312. The minimum Gasteiger partial charge on any atom is -0.338 e. The number of nitrogens with zero attached hydrogens (tertiary/aromatic N) is 1. The third kappa shape index (κ3) is 5.99. The summed E-state index contributed by atoms with van der Waals surface area (Å²) >= 11 is 23.9. The van der Waals surface area contributed by atoms with Crippen molar-refractivity contribution in [3.8, 4) is 0 Å². The highest BCUT2D eigenvalue weighted by atomic mass is 79.9. The lowest BCUT2D eigenvalue weighted by atomic mass is 9.95. The third-order valence-electron chi connectivity index (χ3n) is 5.14. The van der Waals surface area contributed by atoms with Crippen LogP contribution in [0.1, 0.15) is 24.1 Å². The highest BCUT2D eigenvalue weighted by Gasteiger charge is 2.31. The molecule has 3 aromatic rings. The van der Waals surface area contributed by atoms with Gasteiger partial charge >= 0.3 is 0 Å². The van der Waals surface area contributed by atoms with E-state index in [1.165, 1.54) is 11.8 Å². The average molecular weight is 596 g/mol. The van der Waals surface area contributed by atoms with Gasteiger partial charge in [0.15, 0.2) is 5.17 Å². The molecule has 0 radical (unpaired) electrons. The van der Waals surface area contributed by atoms with E-state index in [2.05, 4.69) is 26.6 Å². The Kier molecular flexibility index (Phi) is 8.27. The number of carbonyl (C=O) groups excluding carboxylic acids is 1. The van der Waals surface area contributed by atoms with E-state index in [9.17, 15) is 4.79 Å². The van der Waals surface area contributed by atoms with Gasteiger partial charge in [-0.1, -0.05) is 86.8 Å². The zero-order valence-electron chi connectivity index (χ0n) is 17.9. The van der Waals surface area contributed by atoms with Crippen molar-refractivity contribution in [2.24, 2.45) is 4.99 Å². The van der Waals surface area contributed by atoms with Gasteiger partial charge in [0, 0.05) is 42.2 Å². The lowest BCUT2D eigenvalue weighted by molar-refractivity contribution is -0.113. The van der Waals surface area contributed by atoms with Gasteiger partial charge in [0.1, 0.15) is 6.04 Å². The van der Waals surface area contributed by atoms with Gasteiger partial charge in [-0.15, -0.1) is 0 Å². The van der Waals surface area contributed by atoms with Crippen LogP contribution in [0.25, 0.3) is 0 Å². The molecule has 0 spiro atoms. The first-order valence-electron chi connectivity index (χ1n) is 10.3. The number of anilines is 1. The summed E-state index contributed by atoms with van der Waals surface area (Å²) in [4.78, 5) is 18.2. The number of rotatable bonds is 5. The van der Waals surface area contributed by atoms with Crippen molar-refractivity contribution < 1.29 is 4.79 Å². The molecule has 1 unspecified atom stereocenters. The summed E-state index contributed by atoms with van der Waals surface area (Å²) in [5.74, 6) is 0.363. The third-order valence-corrected chi connectivity index (χ3v) is 7.54. The monoisotopic (exact) mass is 593 g/mol. The Balaban J connectivity index is 1.65. The number of thioether (sulfide) groups is 1. The summed E-state index contributed by atoms with van der Waals surface area (Å²) < 4.78 is 0.927. The maximum Gasteiger partial charge on any atom is 0.255 e. The van der Waals surface area contributed by atoms with Crippen LogP contribution in [0, 0.1) is 0 Å². The lowest BCUT2D eigenvalue weighted by Crippen LogP contribution is -2.32. The Hall–Kier alpha value is -1.96. The molecule has 0 aromatic heterocycles. The molecule has 1 aliphatic heterocycles. The number of carbonyl (C=O) groups is 1. The Labute approximate surface area is 225 Å². The lowest BCUT2D eigenvalue weighted by Gasteiger charge is -2.27. The van der Waals surface area contributed by atoms with Crippen molar-refractivity contribution in [3.05, 3.63) is 109 Å². The minimum atomic E-state index is -0.602. The SMILES string of the molecule is CC1=C(C(=O)Nc2ccc(Br)cc2)C(c2ccc(Cl)cc2Cl)N=C(SCc2ccccc2Cl)N1. The smallest absolute Gasteiger partial charge is 0.255 e. The summed E-state index contributed by atoms with van der Waals surface area (Å²) in [7, 11) is 0. The molecule has 4 nitrogen and oxygen atoms in total. The number of amides is 1. The van der Waals surface area contributed by atoms with E-state index in [1.807, 2.05) is 55.5 Å². The number of halogens is 4. The standard InChI is InChI=1S/C25H19BrCl3N3OS/c1-14-22(24(33)31-18-9-6-16(26)7-10-18)23(19-11-8-17(27)12-21(19)29)32-25(30-14)34-13-15-4-2-3-5-20(15)28/h2-12,23H,13H2,1H3,(H,30,32)(H,31,33). The zero-order valence-corrected chi connectivity index (χ0v) is 22.6. The Morgan fingerprint density at radius 2 is 1.79 bits per heavy atom. The fourth-order valence-corrected chi connectivity index (χ4v) is 5.46. The summed E-state index contributed by atoms with van der Waals surface area (Å²) in [6.07, 6.45) is 0. The summed E-state index contributed by atoms with van der Waals surface area (Å²) in [5, 5.41) is 8.57. The number of hydrogen-bond acceptors (Lipinski definition) is 4. The molecule has 1 atom stereocenters. The van der Waals surface area contributed by atoms with Gasteiger partial charge in [-0.05, 0) is 55.0 Å². The van der Waals surface area contributed by atoms with Gasteiger partial charge in [0.2, 0.25) is 0 Å². The van der Waals surface area contributed by atoms with E-state index in [0.29, 0.717) is 48.5 Å². The molecule has 2 N–H and O–H groups in total. The highest BCUT2D eigenvalue weighted by molar-refractivity contribution is 9.10. The van der Waals surface area contributed by atoms with Crippen LogP contribution in [0.4, 0.5) is 5.69 Å². The largest absolute Gasteiger partial charge is 0.338 e. The molecular weight excluding hydrogens is 577 g/mol. The predicted octanol–water partition coefficient (Wildman–Crippen LogP) is 8.26. The number of aliphatic imine (C=N–C) groups is 1. The molecule has 0 saturated heterocycles. The predicted molar refractivity (Wildman–Crippen MR) is 148 cm³/mol. The molecule has 0 aliphatic carbocycles. The average Bonchev–Trinajstić information content (AvgIpc) is 2.79. The maximum atomic E-state index is 13.4. The second-order valence-corrected chi connectivity index (χ2v) is 10.6. The normalized spacial score (nSPS) is 15.6. The van der Waals surface area contributed by atoms with Gasteiger partial charge in [0.05, 0.1) is 5.57 Å². The molecule has 9 heteroatoms. The van der Waals surface area contributed by atoms with E-state index < -0.39 is 6.04 Å². The fraction of sp³-hybridized carbons (Fsp3) is 0.120. The molecular formula is C25H19BrCl3N3OS. The van der Waals surface area contributed by atoms with Crippen molar-refractivity contribution in [3.63, 3.8) is 0 Å². The molecule has 174 valence electrons. The maximum absolute atomic E-state index is 13.4. The van der Waals surface area contributed by atoms with E-state index >= 15 is 0 Å². The zero-order chi connectivity index (χ0) is 24.2. The number of benzene rings is 3. The molecule has 0 saturated carbocycles. The molecule has 1 heterocycles. The fourth-order valence-electron chi connectivity index (χ4n) is 3.46. The molecule has 1 aliphatic rings. The van der Waals surface area contributed by atoms with Crippen LogP contribution in [0.5, 0.6) is 0 Å². The summed E-state index contributed by atoms with van der Waals surface area (Å²) in [6.45, 7) is 1.86. The van der Waals surface area contributed by atoms with Crippen LogP contribution in [0.3, 0.4) is 0 Å². The van der Waals surface area contributed by atoms with E-state index in [1.54, 1.807) is 18.2 Å². The van der Waals surface area contributed by atoms with Gasteiger partial charge in [-0.3, -0.25) is 4.79 Å². The van der Waals surface area contributed by atoms with Crippen LogP contribution < -0.4 is 10.6 Å².